The predicted molar refractivity (Wildman–Crippen MR) is 112 cm³/mol. The Labute approximate surface area is 168 Å². The molecule has 0 saturated carbocycles. The molecule has 2 amide bonds. The quantitative estimate of drug-likeness (QED) is 0.603. The summed E-state index contributed by atoms with van der Waals surface area (Å²) in [5, 5.41) is 8.72. The SMILES string of the molecule is Cc1nc(-c2cc(C)n(CC(=O)NCCNC(=O)c3ccccc3)c2C)cs1. The van der Waals surface area contributed by atoms with Crippen molar-refractivity contribution < 1.29 is 9.59 Å². The van der Waals surface area contributed by atoms with Gasteiger partial charge in [-0.25, -0.2) is 4.98 Å². The monoisotopic (exact) mass is 396 g/mol. The molecule has 2 aromatic heterocycles. The zero-order valence-electron chi connectivity index (χ0n) is 16.3. The zero-order chi connectivity index (χ0) is 20.1. The van der Waals surface area contributed by atoms with E-state index in [1.807, 2.05) is 48.9 Å². The van der Waals surface area contributed by atoms with Gasteiger partial charge in [-0.1, -0.05) is 18.2 Å². The van der Waals surface area contributed by atoms with E-state index >= 15 is 0 Å². The minimum absolute atomic E-state index is 0.0863. The van der Waals surface area contributed by atoms with Crippen molar-refractivity contribution in [1.82, 2.24) is 20.2 Å². The molecule has 2 N–H and O–H groups in total. The number of hydrogen-bond acceptors (Lipinski definition) is 4. The fourth-order valence-electron chi connectivity index (χ4n) is 3.06. The highest BCUT2D eigenvalue weighted by molar-refractivity contribution is 7.09. The van der Waals surface area contributed by atoms with Gasteiger partial charge in [0.25, 0.3) is 5.91 Å². The number of nitrogens with one attached hydrogen (secondary N) is 2. The third kappa shape index (κ3) is 4.67. The highest BCUT2D eigenvalue weighted by Gasteiger charge is 2.15. The van der Waals surface area contributed by atoms with Crippen LogP contribution in [0.15, 0.2) is 41.8 Å². The number of thiazole rings is 1. The van der Waals surface area contributed by atoms with Gasteiger partial charge in [0.15, 0.2) is 0 Å². The molecule has 6 nitrogen and oxygen atoms in total. The molecule has 0 radical (unpaired) electrons. The number of rotatable bonds is 7. The van der Waals surface area contributed by atoms with Crippen LogP contribution in [-0.2, 0) is 11.3 Å². The highest BCUT2D eigenvalue weighted by Crippen LogP contribution is 2.27. The molecule has 7 heteroatoms. The fourth-order valence-corrected chi connectivity index (χ4v) is 3.67. The van der Waals surface area contributed by atoms with Gasteiger partial charge in [0, 0.05) is 41.0 Å². The van der Waals surface area contributed by atoms with Crippen molar-refractivity contribution in [1.29, 1.82) is 0 Å². The minimum atomic E-state index is -0.143. The summed E-state index contributed by atoms with van der Waals surface area (Å²) in [6.07, 6.45) is 0. The van der Waals surface area contributed by atoms with Crippen LogP contribution in [-0.4, -0.2) is 34.5 Å². The molecule has 3 aromatic rings. The van der Waals surface area contributed by atoms with E-state index in [-0.39, 0.29) is 18.4 Å². The fraction of sp³-hybridized carbons (Fsp3) is 0.286. The molecule has 0 unspecified atom stereocenters. The average molecular weight is 397 g/mol. The first-order valence-electron chi connectivity index (χ1n) is 9.15. The molecule has 0 aliphatic rings. The molecule has 2 heterocycles. The Balaban J connectivity index is 1.51. The molecule has 1 aromatic carbocycles. The predicted octanol–water partition coefficient (Wildman–Crippen LogP) is 3.08. The van der Waals surface area contributed by atoms with E-state index in [0.717, 1.165) is 27.7 Å². The Hall–Kier alpha value is -2.93. The summed E-state index contributed by atoms with van der Waals surface area (Å²) in [6.45, 7) is 6.99. The maximum absolute atomic E-state index is 12.3. The molecular formula is C21H24N4O2S. The Kier molecular flexibility index (Phi) is 6.26. The molecule has 0 bridgehead atoms. The summed E-state index contributed by atoms with van der Waals surface area (Å²) < 4.78 is 1.99. The van der Waals surface area contributed by atoms with E-state index in [4.69, 9.17) is 0 Å². The zero-order valence-corrected chi connectivity index (χ0v) is 17.1. The van der Waals surface area contributed by atoms with E-state index in [1.165, 1.54) is 0 Å². The molecule has 0 aliphatic heterocycles. The number of nitrogens with zero attached hydrogens (tertiary/aromatic N) is 2. The molecule has 0 saturated heterocycles. The lowest BCUT2D eigenvalue weighted by molar-refractivity contribution is -0.121. The maximum atomic E-state index is 12.3. The standard InChI is InChI=1S/C21H24N4O2S/c1-14-11-18(19-13-28-16(3)24-19)15(2)25(14)12-20(26)22-9-10-23-21(27)17-7-5-4-6-8-17/h4-8,11,13H,9-10,12H2,1-3H3,(H,22,26)(H,23,27). The second-order valence-corrected chi connectivity index (χ2v) is 7.66. The lowest BCUT2D eigenvalue weighted by Gasteiger charge is -2.11. The van der Waals surface area contributed by atoms with Crippen molar-refractivity contribution in [3.8, 4) is 11.3 Å². The van der Waals surface area contributed by atoms with Crippen LogP contribution in [0.25, 0.3) is 11.3 Å². The maximum Gasteiger partial charge on any atom is 0.251 e. The van der Waals surface area contributed by atoms with Crippen LogP contribution >= 0.6 is 11.3 Å². The summed E-state index contributed by atoms with van der Waals surface area (Å²) in [7, 11) is 0. The van der Waals surface area contributed by atoms with Gasteiger partial charge in [-0.3, -0.25) is 9.59 Å². The van der Waals surface area contributed by atoms with Gasteiger partial charge in [0.2, 0.25) is 5.91 Å². The van der Waals surface area contributed by atoms with Gasteiger partial charge in [-0.05, 0) is 39.0 Å². The smallest absolute Gasteiger partial charge is 0.251 e. The number of carbonyl (C=O) groups excluding carboxylic acids is 2. The van der Waals surface area contributed by atoms with Crippen LogP contribution < -0.4 is 10.6 Å². The van der Waals surface area contributed by atoms with Gasteiger partial charge < -0.3 is 15.2 Å². The van der Waals surface area contributed by atoms with Gasteiger partial charge >= 0.3 is 0 Å². The molecule has 0 atom stereocenters. The largest absolute Gasteiger partial charge is 0.353 e. The second kappa shape index (κ2) is 8.84. The third-order valence-corrected chi connectivity index (χ3v) is 5.31. The average Bonchev–Trinajstić information content (AvgIpc) is 3.24. The van der Waals surface area contributed by atoms with Gasteiger partial charge in [0.1, 0.15) is 6.54 Å². The third-order valence-electron chi connectivity index (χ3n) is 4.54. The topological polar surface area (TPSA) is 76.0 Å². The molecular weight excluding hydrogens is 372 g/mol. The van der Waals surface area contributed by atoms with Crippen molar-refractivity contribution >= 4 is 23.2 Å². The van der Waals surface area contributed by atoms with Crippen molar-refractivity contribution in [3.63, 3.8) is 0 Å². The van der Waals surface area contributed by atoms with E-state index in [0.29, 0.717) is 18.7 Å². The first kappa shape index (κ1) is 19.8. The van der Waals surface area contributed by atoms with Crippen molar-refractivity contribution in [2.24, 2.45) is 0 Å². The van der Waals surface area contributed by atoms with E-state index in [2.05, 4.69) is 21.7 Å². The number of amides is 2. The number of carbonyl (C=O) groups is 2. The Morgan fingerprint density at radius 3 is 2.46 bits per heavy atom. The van der Waals surface area contributed by atoms with Crippen LogP contribution in [0.5, 0.6) is 0 Å². The number of hydrogen-bond donors (Lipinski definition) is 2. The Morgan fingerprint density at radius 1 is 1.07 bits per heavy atom. The molecule has 3 rings (SSSR count). The molecule has 0 spiro atoms. The highest BCUT2D eigenvalue weighted by atomic mass is 32.1. The minimum Gasteiger partial charge on any atom is -0.353 e. The lowest BCUT2D eigenvalue weighted by Crippen LogP contribution is -2.36. The summed E-state index contributed by atoms with van der Waals surface area (Å²) in [4.78, 5) is 28.8. The number of aromatic nitrogens is 2. The molecule has 146 valence electrons. The normalized spacial score (nSPS) is 10.7. The first-order valence-corrected chi connectivity index (χ1v) is 10.0. The van der Waals surface area contributed by atoms with Crippen LogP contribution in [0, 0.1) is 20.8 Å². The Bertz CT molecular complexity index is 976. The van der Waals surface area contributed by atoms with Crippen molar-refractivity contribution in [3.05, 3.63) is 63.7 Å². The van der Waals surface area contributed by atoms with E-state index in [9.17, 15) is 9.59 Å². The van der Waals surface area contributed by atoms with Crippen molar-refractivity contribution in [2.45, 2.75) is 27.3 Å². The van der Waals surface area contributed by atoms with E-state index < -0.39 is 0 Å². The summed E-state index contributed by atoms with van der Waals surface area (Å²) in [6, 6.07) is 11.1. The number of benzene rings is 1. The van der Waals surface area contributed by atoms with Crippen molar-refractivity contribution in [2.75, 3.05) is 13.1 Å². The summed E-state index contributed by atoms with van der Waals surface area (Å²) in [5.41, 5.74) is 4.66. The van der Waals surface area contributed by atoms with Crippen LogP contribution in [0.1, 0.15) is 26.8 Å². The molecule has 0 aliphatic carbocycles. The van der Waals surface area contributed by atoms with Crippen LogP contribution in [0.4, 0.5) is 0 Å². The number of aryl methyl sites for hydroxylation is 2. The first-order chi connectivity index (χ1) is 13.5. The molecule has 0 fully saturated rings. The second-order valence-electron chi connectivity index (χ2n) is 6.59. The van der Waals surface area contributed by atoms with Crippen LogP contribution in [0.3, 0.4) is 0 Å². The van der Waals surface area contributed by atoms with Crippen LogP contribution in [0.2, 0.25) is 0 Å². The Morgan fingerprint density at radius 2 is 1.79 bits per heavy atom. The molecule has 28 heavy (non-hydrogen) atoms. The van der Waals surface area contributed by atoms with E-state index in [1.54, 1.807) is 23.5 Å². The lowest BCUT2D eigenvalue weighted by atomic mass is 10.2. The summed E-state index contributed by atoms with van der Waals surface area (Å²) in [5.74, 6) is -0.230. The van der Waals surface area contributed by atoms with Gasteiger partial charge in [-0.2, -0.15) is 0 Å². The van der Waals surface area contributed by atoms with Gasteiger partial charge in [0.05, 0.1) is 10.7 Å². The summed E-state index contributed by atoms with van der Waals surface area (Å²) >= 11 is 1.62. The van der Waals surface area contributed by atoms with Gasteiger partial charge in [-0.15, -0.1) is 11.3 Å².